The molecule has 4 rings (SSSR count). The van der Waals surface area contributed by atoms with Gasteiger partial charge in [-0.15, -0.1) is 0 Å². The van der Waals surface area contributed by atoms with Gasteiger partial charge in [-0.3, -0.25) is 13.9 Å². The van der Waals surface area contributed by atoms with E-state index in [0.717, 1.165) is 41.8 Å². The number of hydrogen-bond acceptors (Lipinski definition) is 4. The number of halogens is 2. The molecule has 0 aromatic heterocycles. The van der Waals surface area contributed by atoms with Gasteiger partial charge in [-0.05, 0) is 60.7 Å². The van der Waals surface area contributed by atoms with Gasteiger partial charge in [-0.2, -0.15) is 0 Å². The lowest BCUT2D eigenvalue weighted by molar-refractivity contribution is -0.140. The van der Waals surface area contributed by atoms with Crippen LogP contribution in [0, 0.1) is 12.7 Å². The topological polar surface area (TPSA) is 86.8 Å². The summed E-state index contributed by atoms with van der Waals surface area (Å²) >= 11 is 6.29. The quantitative estimate of drug-likeness (QED) is 0.326. The second-order valence-corrected chi connectivity index (χ2v) is 12.8. The molecule has 1 fully saturated rings. The summed E-state index contributed by atoms with van der Waals surface area (Å²) in [6, 6.07) is 19.0. The zero-order valence-electron chi connectivity index (χ0n) is 23.2. The van der Waals surface area contributed by atoms with Crippen molar-refractivity contribution in [2.24, 2.45) is 0 Å². The van der Waals surface area contributed by atoms with Crippen molar-refractivity contribution in [3.63, 3.8) is 0 Å². The number of anilines is 1. The van der Waals surface area contributed by atoms with Crippen LogP contribution in [0.4, 0.5) is 10.1 Å². The molecule has 0 radical (unpaired) electrons. The van der Waals surface area contributed by atoms with E-state index < -0.39 is 34.3 Å². The number of benzene rings is 3. The lowest BCUT2D eigenvalue weighted by Gasteiger charge is -2.34. The summed E-state index contributed by atoms with van der Waals surface area (Å²) in [5.74, 6) is -1.30. The molecular weight excluding hydrogens is 565 g/mol. The van der Waals surface area contributed by atoms with E-state index in [9.17, 15) is 22.4 Å². The van der Waals surface area contributed by atoms with Gasteiger partial charge in [-0.25, -0.2) is 12.8 Å². The molecule has 1 saturated carbocycles. The minimum atomic E-state index is -3.91. The fourth-order valence-corrected chi connectivity index (χ4v) is 6.24. The molecule has 1 aliphatic carbocycles. The Kier molecular flexibility index (Phi) is 10.0. The molecule has 0 heterocycles. The van der Waals surface area contributed by atoms with Crippen LogP contribution in [0.1, 0.15) is 42.4 Å². The Morgan fingerprint density at radius 2 is 1.63 bits per heavy atom. The molecule has 1 unspecified atom stereocenters. The highest BCUT2D eigenvalue weighted by atomic mass is 35.5. The van der Waals surface area contributed by atoms with Crippen LogP contribution in [0.3, 0.4) is 0 Å². The van der Waals surface area contributed by atoms with Crippen molar-refractivity contribution in [3.8, 4) is 0 Å². The van der Waals surface area contributed by atoms with Crippen LogP contribution in [-0.2, 0) is 32.6 Å². The van der Waals surface area contributed by atoms with E-state index in [0.29, 0.717) is 16.1 Å². The molecule has 218 valence electrons. The van der Waals surface area contributed by atoms with Crippen LogP contribution in [0.15, 0.2) is 72.8 Å². The van der Waals surface area contributed by atoms with E-state index >= 15 is 0 Å². The van der Waals surface area contributed by atoms with Crippen molar-refractivity contribution < 1.29 is 22.4 Å². The van der Waals surface area contributed by atoms with Crippen LogP contribution in [-0.4, -0.2) is 50.0 Å². The lowest BCUT2D eigenvalue weighted by Crippen LogP contribution is -2.54. The maximum Gasteiger partial charge on any atom is 0.244 e. The van der Waals surface area contributed by atoms with Crippen molar-refractivity contribution >= 4 is 39.1 Å². The number of hydrogen-bond donors (Lipinski definition) is 1. The van der Waals surface area contributed by atoms with Gasteiger partial charge in [-0.1, -0.05) is 73.0 Å². The third-order valence-corrected chi connectivity index (χ3v) is 8.96. The third-order valence-electron chi connectivity index (χ3n) is 7.43. The normalized spacial score (nSPS) is 14.4. The fourth-order valence-electron chi connectivity index (χ4n) is 5.17. The molecule has 3 aromatic carbocycles. The standard InChI is InChI=1S/C31H35ClFN3O4S/c1-22-27(32)13-8-14-28(22)36(41(2,39)40)21-30(37)35(20-24-15-17-25(33)18-16-24)29(19-23-9-4-3-5-10-23)31(38)34-26-11-6-7-12-26/h3-5,8-10,13-18,26,29H,6-7,11-12,19-21H2,1-2H3,(H,34,38). The molecule has 3 aromatic rings. The predicted molar refractivity (Wildman–Crippen MR) is 160 cm³/mol. The predicted octanol–water partition coefficient (Wildman–Crippen LogP) is 5.25. The van der Waals surface area contributed by atoms with Crippen molar-refractivity contribution in [2.75, 3.05) is 17.1 Å². The molecule has 7 nitrogen and oxygen atoms in total. The molecule has 1 atom stereocenters. The Hall–Kier alpha value is -3.43. The van der Waals surface area contributed by atoms with E-state index in [1.54, 1.807) is 37.3 Å². The Labute approximate surface area is 246 Å². The van der Waals surface area contributed by atoms with E-state index in [2.05, 4.69) is 5.32 Å². The van der Waals surface area contributed by atoms with Gasteiger partial charge in [0.1, 0.15) is 18.4 Å². The molecule has 1 N–H and O–H groups in total. The summed E-state index contributed by atoms with van der Waals surface area (Å²) in [6.07, 6.45) is 5.03. The van der Waals surface area contributed by atoms with Gasteiger partial charge in [0.2, 0.25) is 21.8 Å². The van der Waals surface area contributed by atoms with Crippen LogP contribution in [0.5, 0.6) is 0 Å². The zero-order chi connectivity index (χ0) is 29.6. The number of carbonyl (C=O) groups is 2. The minimum absolute atomic E-state index is 0.0131. The van der Waals surface area contributed by atoms with Crippen molar-refractivity contribution in [3.05, 3.63) is 100 Å². The summed E-state index contributed by atoms with van der Waals surface area (Å²) in [5, 5.41) is 3.48. The van der Waals surface area contributed by atoms with Gasteiger partial charge in [0.05, 0.1) is 11.9 Å². The van der Waals surface area contributed by atoms with Crippen LogP contribution in [0.25, 0.3) is 0 Å². The average molecular weight is 600 g/mol. The van der Waals surface area contributed by atoms with Gasteiger partial charge >= 0.3 is 0 Å². The average Bonchev–Trinajstić information content (AvgIpc) is 3.45. The smallest absolute Gasteiger partial charge is 0.244 e. The fraction of sp³-hybridized carbons (Fsp3) is 0.355. The highest BCUT2D eigenvalue weighted by molar-refractivity contribution is 7.92. The van der Waals surface area contributed by atoms with Crippen LogP contribution in [0.2, 0.25) is 5.02 Å². The number of nitrogens with one attached hydrogen (secondary N) is 1. The van der Waals surface area contributed by atoms with Gasteiger partial charge in [0.25, 0.3) is 0 Å². The highest BCUT2D eigenvalue weighted by Crippen LogP contribution is 2.29. The first-order valence-electron chi connectivity index (χ1n) is 13.6. The molecule has 0 spiro atoms. The maximum absolute atomic E-state index is 14.1. The van der Waals surface area contributed by atoms with Crippen molar-refractivity contribution in [2.45, 2.75) is 57.7 Å². The first-order valence-corrected chi connectivity index (χ1v) is 15.9. The molecule has 1 aliphatic rings. The molecular formula is C31H35ClFN3O4S. The molecule has 0 aliphatic heterocycles. The van der Waals surface area contributed by atoms with Crippen LogP contribution < -0.4 is 9.62 Å². The van der Waals surface area contributed by atoms with Gasteiger partial charge < -0.3 is 10.2 Å². The number of rotatable bonds is 11. The molecule has 2 amide bonds. The summed E-state index contributed by atoms with van der Waals surface area (Å²) in [5.41, 5.74) is 2.25. The SMILES string of the molecule is Cc1c(Cl)cccc1N(CC(=O)N(Cc1ccc(F)cc1)C(Cc1ccccc1)C(=O)NC1CCCC1)S(C)(=O)=O. The molecule has 10 heteroatoms. The molecule has 0 bridgehead atoms. The molecule has 0 saturated heterocycles. The second kappa shape index (κ2) is 13.5. The minimum Gasteiger partial charge on any atom is -0.352 e. The number of amides is 2. The second-order valence-electron chi connectivity index (χ2n) is 10.5. The van der Waals surface area contributed by atoms with Crippen molar-refractivity contribution in [1.82, 2.24) is 10.2 Å². The van der Waals surface area contributed by atoms with E-state index in [4.69, 9.17) is 11.6 Å². The van der Waals surface area contributed by atoms with E-state index in [1.807, 2.05) is 30.3 Å². The monoisotopic (exact) mass is 599 g/mol. The lowest BCUT2D eigenvalue weighted by atomic mass is 10.0. The Balaban J connectivity index is 1.74. The Bertz CT molecular complexity index is 1460. The zero-order valence-corrected chi connectivity index (χ0v) is 24.8. The number of carbonyl (C=O) groups excluding carboxylic acids is 2. The Morgan fingerprint density at radius 1 is 0.976 bits per heavy atom. The van der Waals surface area contributed by atoms with Gasteiger partial charge in [0, 0.05) is 24.0 Å². The largest absolute Gasteiger partial charge is 0.352 e. The third kappa shape index (κ3) is 8.07. The van der Waals surface area contributed by atoms with E-state index in [1.165, 1.54) is 17.0 Å². The summed E-state index contributed by atoms with van der Waals surface area (Å²) in [6.45, 7) is 1.13. The summed E-state index contributed by atoms with van der Waals surface area (Å²) in [7, 11) is -3.91. The molecule has 41 heavy (non-hydrogen) atoms. The Morgan fingerprint density at radius 3 is 2.27 bits per heavy atom. The first kappa shape index (κ1) is 30.5. The first-order chi connectivity index (χ1) is 19.5. The summed E-state index contributed by atoms with van der Waals surface area (Å²) < 4.78 is 40.7. The van der Waals surface area contributed by atoms with Crippen LogP contribution >= 0.6 is 11.6 Å². The summed E-state index contributed by atoms with van der Waals surface area (Å²) in [4.78, 5) is 29.4. The van der Waals surface area contributed by atoms with Crippen molar-refractivity contribution in [1.29, 1.82) is 0 Å². The van der Waals surface area contributed by atoms with E-state index in [-0.39, 0.29) is 30.6 Å². The number of nitrogens with zero attached hydrogens (tertiary/aromatic N) is 2. The maximum atomic E-state index is 14.1. The number of sulfonamides is 1. The highest BCUT2D eigenvalue weighted by Gasteiger charge is 2.34. The van der Waals surface area contributed by atoms with Gasteiger partial charge in [0.15, 0.2) is 0 Å².